The Morgan fingerprint density at radius 1 is 1.04 bits per heavy atom. The first-order valence-electron chi connectivity index (χ1n) is 10.2. The van der Waals surface area contributed by atoms with Gasteiger partial charge in [-0.15, -0.1) is 0 Å². The van der Waals surface area contributed by atoms with Gasteiger partial charge in [0.1, 0.15) is 0 Å². The fourth-order valence-corrected chi connectivity index (χ4v) is 4.82. The largest absolute Gasteiger partial charge is 0.345 e. The van der Waals surface area contributed by atoms with Crippen molar-refractivity contribution in [2.45, 2.75) is 71.4 Å². The van der Waals surface area contributed by atoms with Crippen molar-refractivity contribution in [3.05, 3.63) is 23.0 Å². The van der Waals surface area contributed by atoms with Gasteiger partial charge in [0.05, 0.1) is 6.54 Å². The van der Waals surface area contributed by atoms with E-state index in [4.69, 9.17) is 0 Å². The van der Waals surface area contributed by atoms with Gasteiger partial charge in [-0.1, -0.05) is 19.8 Å². The maximum atomic E-state index is 12.9. The van der Waals surface area contributed by atoms with Crippen LogP contribution in [0.5, 0.6) is 0 Å². The van der Waals surface area contributed by atoms with E-state index in [2.05, 4.69) is 4.57 Å². The minimum absolute atomic E-state index is 0.169. The van der Waals surface area contributed by atoms with Crippen LogP contribution in [0.2, 0.25) is 0 Å². The van der Waals surface area contributed by atoms with E-state index in [-0.39, 0.29) is 24.3 Å². The van der Waals surface area contributed by atoms with Gasteiger partial charge in [0, 0.05) is 29.0 Å². The Bertz CT molecular complexity index is 867. The Hall–Kier alpha value is -2.44. The van der Waals surface area contributed by atoms with Crippen LogP contribution in [-0.2, 0) is 9.59 Å². The minimum Gasteiger partial charge on any atom is -0.345 e. The van der Waals surface area contributed by atoms with Crippen molar-refractivity contribution in [2.75, 3.05) is 6.54 Å². The maximum Gasteiger partial charge on any atom is 0.334 e. The van der Waals surface area contributed by atoms with Crippen molar-refractivity contribution in [1.29, 1.82) is 0 Å². The number of imide groups is 2. The van der Waals surface area contributed by atoms with Gasteiger partial charge in [0.15, 0.2) is 5.78 Å². The van der Waals surface area contributed by atoms with E-state index < -0.39 is 17.8 Å². The minimum atomic E-state index is -0.882. The monoisotopic (exact) mass is 385 g/mol. The van der Waals surface area contributed by atoms with E-state index in [1.54, 1.807) is 0 Å². The fourth-order valence-electron chi connectivity index (χ4n) is 4.82. The van der Waals surface area contributed by atoms with Crippen LogP contribution < -0.4 is 0 Å². The molecule has 0 N–H and O–H groups in total. The SMILES string of the molecule is Cc1cc(C(=O)CN2C(=O)C(=O)N([C@@H]3CCCC[C@H]3C)C2=O)c(C)n1C1CC1. The average Bonchev–Trinajstić information content (AvgIpc) is 3.41. The number of carbonyl (C=O) groups excluding carboxylic acids is 4. The molecule has 28 heavy (non-hydrogen) atoms. The van der Waals surface area contributed by atoms with Gasteiger partial charge in [-0.05, 0) is 51.5 Å². The van der Waals surface area contributed by atoms with Crippen molar-refractivity contribution in [2.24, 2.45) is 5.92 Å². The Kier molecular flexibility index (Phi) is 4.63. The quantitative estimate of drug-likeness (QED) is 0.443. The van der Waals surface area contributed by atoms with Crippen LogP contribution in [0.25, 0.3) is 0 Å². The van der Waals surface area contributed by atoms with E-state index in [1.165, 1.54) is 0 Å². The lowest BCUT2D eigenvalue weighted by atomic mass is 9.85. The second-order valence-corrected chi connectivity index (χ2v) is 8.49. The molecule has 2 heterocycles. The highest BCUT2D eigenvalue weighted by Gasteiger charge is 2.49. The van der Waals surface area contributed by atoms with Crippen LogP contribution in [0.15, 0.2) is 6.07 Å². The first-order valence-corrected chi connectivity index (χ1v) is 10.2. The average molecular weight is 385 g/mol. The number of amides is 4. The lowest BCUT2D eigenvalue weighted by molar-refractivity contribution is -0.144. The molecular formula is C21H27N3O4. The van der Waals surface area contributed by atoms with Gasteiger partial charge in [-0.3, -0.25) is 19.3 Å². The van der Waals surface area contributed by atoms with Gasteiger partial charge < -0.3 is 4.57 Å². The van der Waals surface area contributed by atoms with E-state index in [9.17, 15) is 19.2 Å². The molecule has 4 amide bonds. The Labute approximate surface area is 164 Å². The number of carbonyl (C=O) groups is 4. The number of hydrogen-bond donors (Lipinski definition) is 0. The Balaban J connectivity index is 1.54. The molecule has 0 aromatic carbocycles. The van der Waals surface area contributed by atoms with E-state index in [0.29, 0.717) is 11.6 Å². The third kappa shape index (κ3) is 2.97. The van der Waals surface area contributed by atoms with Crippen molar-refractivity contribution in [3.8, 4) is 0 Å². The first kappa shape index (κ1) is 18.9. The predicted octanol–water partition coefficient (Wildman–Crippen LogP) is 2.99. The molecular weight excluding hydrogens is 358 g/mol. The lowest BCUT2D eigenvalue weighted by Gasteiger charge is -2.34. The Morgan fingerprint density at radius 3 is 2.36 bits per heavy atom. The molecule has 1 aromatic heterocycles. The van der Waals surface area contributed by atoms with Crippen molar-refractivity contribution < 1.29 is 19.2 Å². The van der Waals surface area contributed by atoms with Crippen LogP contribution in [0.1, 0.15) is 73.2 Å². The molecule has 2 aliphatic carbocycles. The van der Waals surface area contributed by atoms with Gasteiger partial charge in [-0.2, -0.15) is 0 Å². The topological polar surface area (TPSA) is 79.7 Å². The second-order valence-electron chi connectivity index (χ2n) is 8.49. The summed E-state index contributed by atoms with van der Waals surface area (Å²) in [5, 5.41) is 0. The molecule has 7 nitrogen and oxygen atoms in total. The molecule has 0 bridgehead atoms. The molecule has 4 rings (SSSR count). The number of rotatable bonds is 5. The second kappa shape index (κ2) is 6.87. The van der Waals surface area contributed by atoms with Gasteiger partial charge >= 0.3 is 17.8 Å². The van der Waals surface area contributed by atoms with E-state index in [0.717, 1.165) is 59.7 Å². The third-order valence-electron chi connectivity index (χ3n) is 6.48. The number of aryl methyl sites for hydroxylation is 1. The molecule has 2 saturated carbocycles. The summed E-state index contributed by atoms with van der Waals surface area (Å²) in [6, 6.07) is 1.38. The lowest BCUT2D eigenvalue weighted by Crippen LogP contribution is -2.46. The first-order chi connectivity index (χ1) is 13.3. The molecule has 7 heteroatoms. The molecule has 1 aliphatic heterocycles. The molecule has 3 fully saturated rings. The number of hydrogen-bond acceptors (Lipinski definition) is 4. The number of nitrogens with zero attached hydrogens (tertiary/aromatic N) is 3. The summed E-state index contributed by atoms with van der Waals surface area (Å²) in [5.41, 5.74) is 2.41. The standard InChI is InChI=1S/C21H27N3O4/c1-12-6-4-5-7-17(12)24-20(27)19(26)22(21(24)28)11-18(25)16-10-13(2)23(14(16)3)15-8-9-15/h10,12,15,17H,4-9,11H2,1-3H3/t12-,17-/m1/s1. The Morgan fingerprint density at radius 2 is 1.71 bits per heavy atom. The summed E-state index contributed by atoms with van der Waals surface area (Å²) in [4.78, 5) is 52.7. The molecule has 0 unspecified atom stereocenters. The summed E-state index contributed by atoms with van der Waals surface area (Å²) < 4.78 is 2.15. The zero-order valence-corrected chi connectivity index (χ0v) is 16.7. The van der Waals surface area contributed by atoms with Crippen LogP contribution in [0, 0.1) is 19.8 Å². The highest BCUT2D eigenvalue weighted by atomic mass is 16.2. The number of aromatic nitrogens is 1. The van der Waals surface area contributed by atoms with Gasteiger partial charge in [0.25, 0.3) is 0 Å². The number of ketones is 1. The molecule has 150 valence electrons. The van der Waals surface area contributed by atoms with Crippen molar-refractivity contribution in [3.63, 3.8) is 0 Å². The summed E-state index contributed by atoms with van der Waals surface area (Å²) in [6.07, 6.45) is 5.87. The summed E-state index contributed by atoms with van der Waals surface area (Å²) in [7, 11) is 0. The maximum absolute atomic E-state index is 12.9. The third-order valence-corrected chi connectivity index (χ3v) is 6.48. The molecule has 0 spiro atoms. The molecule has 3 aliphatic rings. The highest BCUT2D eigenvalue weighted by Crippen LogP contribution is 2.38. The van der Waals surface area contributed by atoms with Crippen LogP contribution in [-0.4, -0.2) is 50.6 Å². The zero-order chi connectivity index (χ0) is 20.2. The summed E-state index contributed by atoms with van der Waals surface area (Å²) >= 11 is 0. The van der Waals surface area contributed by atoms with Crippen molar-refractivity contribution >= 4 is 23.6 Å². The van der Waals surface area contributed by atoms with Crippen LogP contribution in [0.3, 0.4) is 0 Å². The normalized spacial score (nSPS) is 25.8. The molecule has 1 aromatic rings. The predicted molar refractivity (Wildman–Crippen MR) is 102 cm³/mol. The van der Waals surface area contributed by atoms with Gasteiger partial charge in [0.2, 0.25) is 0 Å². The summed E-state index contributed by atoms with van der Waals surface area (Å²) in [6.45, 7) is 5.49. The van der Waals surface area contributed by atoms with Crippen molar-refractivity contribution in [1.82, 2.24) is 14.4 Å². The number of Topliss-reactive ketones (excluding diaryl/α,β-unsaturated/α-hetero) is 1. The molecule has 1 saturated heterocycles. The smallest absolute Gasteiger partial charge is 0.334 e. The zero-order valence-electron chi connectivity index (χ0n) is 16.7. The van der Waals surface area contributed by atoms with E-state index >= 15 is 0 Å². The molecule has 0 radical (unpaired) electrons. The molecule has 2 atom stereocenters. The van der Waals surface area contributed by atoms with Gasteiger partial charge in [-0.25, -0.2) is 9.69 Å². The van der Waals surface area contributed by atoms with E-state index in [1.807, 2.05) is 26.8 Å². The summed E-state index contributed by atoms with van der Waals surface area (Å²) in [5.74, 6) is -1.80. The van der Waals surface area contributed by atoms with Crippen LogP contribution in [0.4, 0.5) is 4.79 Å². The van der Waals surface area contributed by atoms with Crippen LogP contribution >= 0.6 is 0 Å². The number of urea groups is 1. The fraction of sp³-hybridized carbons (Fsp3) is 0.619. The highest BCUT2D eigenvalue weighted by molar-refractivity contribution is 6.45.